The average molecular weight is 389 g/mol. The maximum atomic E-state index is 12.2. The molecule has 10 nitrogen and oxygen atoms in total. The molecule has 0 aromatic rings. The van der Waals surface area contributed by atoms with Crippen molar-refractivity contribution in [3.63, 3.8) is 0 Å². The molecule has 0 aromatic carbocycles. The second kappa shape index (κ2) is 14.8. The molecule has 3 N–H and O–H groups in total. The van der Waals surface area contributed by atoms with Gasteiger partial charge in [0.2, 0.25) is 0 Å². The summed E-state index contributed by atoms with van der Waals surface area (Å²) in [6.07, 6.45) is 1.88. The van der Waals surface area contributed by atoms with Crippen molar-refractivity contribution < 1.29 is 33.4 Å². The van der Waals surface area contributed by atoms with Crippen LogP contribution in [-0.2, 0) is 28.6 Å². The Bertz CT molecular complexity index is 485. The van der Waals surface area contributed by atoms with Gasteiger partial charge in [0.05, 0.1) is 20.8 Å². The number of rotatable bonds is 13. The molecule has 0 aliphatic heterocycles. The molecule has 2 atom stereocenters. The molecule has 10 heteroatoms. The number of methoxy groups -OCH3 is 2. The highest BCUT2D eigenvalue weighted by molar-refractivity contribution is 5.87. The standard InChI is InChI=1S/C17H31N3O7/c1-5-27-16(23)12(8-6-7-11-18-2)19-17(24)20-13(15(22)26-4)9-10-14(21)25-3/h12-13,18H,5-11H2,1-4H3,(H2,19,20,24). The number of carbonyl (C=O) groups excluding carboxylic acids is 4. The van der Waals surface area contributed by atoms with Crippen LogP contribution in [0.3, 0.4) is 0 Å². The van der Waals surface area contributed by atoms with E-state index < -0.39 is 36.0 Å². The van der Waals surface area contributed by atoms with Gasteiger partial charge in [-0.25, -0.2) is 14.4 Å². The van der Waals surface area contributed by atoms with E-state index in [9.17, 15) is 19.2 Å². The lowest BCUT2D eigenvalue weighted by molar-refractivity contribution is -0.145. The number of hydrogen-bond acceptors (Lipinski definition) is 8. The van der Waals surface area contributed by atoms with Crippen molar-refractivity contribution in [2.75, 3.05) is 34.4 Å². The maximum Gasteiger partial charge on any atom is 0.328 e. The van der Waals surface area contributed by atoms with Crippen molar-refractivity contribution in [1.82, 2.24) is 16.0 Å². The monoisotopic (exact) mass is 389 g/mol. The minimum Gasteiger partial charge on any atom is -0.469 e. The van der Waals surface area contributed by atoms with Gasteiger partial charge in [0.15, 0.2) is 0 Å². The summed E-state index contributed by atoms with van der Waals surface area (Å²) in [6.45, 7) is 2.66. The number of nitrogens with one attached hydrogen (secondary N) is 3. The van der Waals surface area contributed by atoms with E-state index in [1.807, 2.05) is 7.05 Å². The number of carbonyl (C=O) groups is 4. The minimum atomic E-state index is -1.04. The molecule has 0 radical (unpaired) electrons. The Morgan fingerprint density at radius 2 is 1.52 bits per heavy atom. The first kappa shape index (κ1) is 24.6. The smallest absolute Gasteiger partial charge is 0.328 e. The van der Waals surface area contributed by atoms with Crippen LogP contribution in [0.15, 0.2) is 0 Å². The largest absolute Gasteiger partial charge is 0.469 e. The normalized spacial score (nSPS) is 12.4. The van der Waals surface area contributed by atoms with Gasteiger partial charge < -0.3 is 30.2 Å². The Labute approximate surface area is 159 Å². The summed E-state index contributed by atoms with van der Waals surface area (Å²) in [5.41, 5.74) is 0. The predicted molar refractivity (Wildman–Crippen MR) is 96.9 cm³/mol. The summed E-state index contributed by atoms with van der Waals surface area (Å²) in [5, 5.41) is 7.95. The van der Waals surface area contributed by atoms with Gasteiger partial charge in [0.1, 0.15) is 12.1 Å². The molecule has 0 spiro atoms. The first-order chi connectivity index (χ1) is 12.9. The summed E-state index contributed by atoms with van der Waals surface area (Å²) < 4.78 is 14.1. The van der Waals surface area contributed by atoms with E-state index in [1.165, 1.54) is 14.2 Å². The molecule has 0 saturated carbocycles. The second-order valence-corrected chi connectivity index (χ2v) is 5.71. The third-order valence-electron chi connectivity index (χ3n) is 3.70. The molecule has 27 heavy (non-hydrogen) atoms. The molecule has 156 valence electrons. The molecular formula is C17H31N3O7. The Hall–Kier alpha value is -2.36. The van der Waals surface area contributed by atoms with Crippen molar-refractivity contribution in [2.45, 2.75) is 51.1 Å². The number of urea groups is 1. The third kappa shape index (κ3) is 11.1. The number of hydrogen-bond donors (Lipinski definition) is 3. The van der Waals surface area contributed by atoms with E-state index in [4.69, 9.17) is 4.74 Å². The SMILES string of the molecule is CCOC(=O)C(CCCCNC)NC(=O)NC(CCC(=O)OC)C(=O)OC. The van der Waals surface area contributed by atoms with E-state index in [0.29, 0.717) is 12.8 Å². The van der Waals surface area contributed by atoms with Gasteiger partial charge in [-0.15, -0.1) is 0 Å². The average Bonchev–Trinajstić information content (AvgIpc) is 2.66. The number of unbranched alkanes of at least 4 members (excludes halogenated alkanes) is 1. The van der Waals surface area contributed by atoms with Crippen LogP contribution < -0.4 is 16.0 Å². The summed E-state index contributed by atoms with van der Waals surface area (Å²) in [5.74, 6) is -1.75. The predicted octanol–water partition coefficient (Wildman–Crippen LogP) is 0.102. The Morgan fingerprint density at radius 3 is 2.04 bits per heavy atom. The van der Waals surface area contributed by atoms with Gasteiger partial charge in [0, 0.05) is 6.42 Å². The zero-order chi connectivity index (χ0) is 20.7. The highest BCUT2D eigenvalue weighted by Crippen LogP contribution is 2.05. The Kier molecular flexibility index (Phi) is 13.5. The first-order valence-electron chi connectivity index (χ1n) is 8.92. The highest BCUT2D eigenvalue weighted by atomic mass is 16.5. The quantitative estimate of drug-likeness (QED) is 0.230. The molecule has 2 amide bonds. The topological polar surface area (TPSA) is 132 Å². The van der Waals surface area contributed by atoms with E-state index in [0.717, 1.165) is 13.0 Å². The third-order valence-corrected chi connectivity index (χ3v) is 3.70. The molecule has 0 fully saturated rings. The van der Waals surface area contributed by atoms with Gasteiger partial charge in [-0.2, -0.15) is 0 Å². The van der Waals surface area contributed by atoms with Crippen LogP contribution in [0.2, 0.25) is 0 Å². The van der Waals surface area contributed by atoms with Crippen molar-refractivity contribution in [1.29, 1.82) is 0 Å². The molecule has 0 aliphatic rings. The van der Waals surface area contributed by atoms with Gasteiger partial charge in [-0.3, -0.25) is 4.79 Å². The van der Waals surface area contributed by atoms with E-state index in [1.54, 1.807) is 6.92 Å². The zero-order valence-electron chi connectivity index (χ0n) is 16.5. The van der Waals surface area contributed by atoms with Crippen molar-refractivity contribution >= 4 is 23.9 Å². The van der Waals surface area contributed by atoms with Crippen molar-refractivity contribution in [3.05, 3.63) is 0 Å². The first-order valence-corrected chi connectivity index (χ1v) is 8.92. The van der Waals surface area contributed by atoms with Crippen LogP contribution in [0.5, 0.6) is 0 Å². The number of esters is 3. The lowest BCUT2D eigenvalue weighted by Crippen LogP contribution is -2.51. The Morgan fingerprint density at radius 1 is 0.889 bits per heavy atom. The molecule has 2 unspecified atom stereocenters. The number of amides is 2. The zero-order valence-corrected chi connectivity index (χ0v) is 16.5. The highest BCUT2D eigenvalue weighted by Gasteiger charge is 2.26. The fourth-order valence-electron chi connectivity index (χ4n) is 2.26. The minimum absolute atomic E-state index is 0.0129. The van der Waals surface area contributed by atoms with Gasteiger partial charge in [-0.05, 0) is 46.2 Å². The van der Waals surface area contributed by atoms with Crippen LogP contribution in [0.1, 0.15) is 39.0 Å². The van der Waals surface area contributed by atoms with Crippen LogP contribution >= 0.6 is 0 Å². The lowest BCUT2D eigenvalue weighted by Gasteiger charge is -2.20. The van der Waals surface area contributed by atoms with Crippen molar-refractivity contribution in [3.8, 4) is 0 Å². The number of ether oxygens (including phenoxy) is 3. The van der Waals surface area contributed by atoms with Crippen molar-refractivity contribution in [2.24, 2.45) is 0 Å². The molecule has 0 aromatic heterocycles. The Balaban J connectivity index is 4.79. The van der Waals surface area contributed by atoms with Gasteiger partial charge in [-0.1, -0.05) is 0 Å². The van der Waals surface area contributed by atoms with Crippen LogP contribution in [0, 0.1) is 0 Å². The van der Waals surface area contributed by atoms with E-state index >= 15 is 0 Å². The van der Waals surface area contributed by atoms with Crippen LogP contribution in [-0.4, -0.2) is 70.4 Å². The lowest BCUT2D eigenvalue weighted by atomic mass is 10.1. The molecular weight excluding hydrogens is 358 g/mol. The summed E-state index contributed by atoms with van der Waals surface area (Å²) in [6, 6.07) is -2.59. The molecule has 0 rings (SSSR count). The fourth-order valence-corrected chi connectivity index (χ4v) is 2.26. The van der Waals surface area contributed by atoms with E-state index in [-0.39, 0.29) is 19.4 Å². The molecule has 0 bridgehead atoms. The summed E-state index contributed by atoms with van der Waals surface area (Å²) in [4.78, 5) is 47.3. The molecule has 0 aliphatic carbocycles. The summed E-state index contributed by atoms with van der Waals surface area (Å²) >= 11 is 0. The molecule has 0 saturated heterocycles. The van der Waals surface area contributed by atoms with Gasteiger partial charge in [0.25, 0.3) is 0 Å². The van der Waals surface area contributed by atoms with E-state index in [2.05, 4.69) is 25.4 Å². The fraction of sp³-hybridized carbons (Fsp3) is 0.765. The van der Waals surface area contributed by atoms with Crippen LogP contribution in [0.25, 0.3) is 0 Å². The van der Waals surface area contributed by atoms with Crippen LogP contribution in [0.4, 0.5) is 4.79 Å². The molecule has 0 heterocycles. The second-order valence-electron chi connectivity index (χ2n) is 5.71. The summed E-state index contributed by atoms with van der Waals surface area (Å²) in [7, 11) is 4.24. The van der Waals surface area contributed by atoms with Gasteiger partial charge >= 0.3 is 23.9 Å². The maximum absolute atomic E-state index is 12.2.